The van der Waals surface area contributed by atoms with Gasteiger partial charge in [0, 0.05) is 6.20 Å². The van der Waals surface area contributed by atoms with Crippen LogP contribution in [0.2, 0.25) is 5.02 Å². The van der Waals surface area contributed by atoms with Gasteiger partial charge in [-0.2, -0.15) is 5.10 Å². The standard InChI is InChI=1S/C10H8ClN3O4S/c11-7-2-1-3-12-9(7)14-8(10(15)16)4-6(13-14)5-19(17)18/h1-4,19H,5H2,(H,15,16). The molecular formula is C10H8ClN3O4S. The first-order chi connectivity index (χ1) is 8.99. The lowest BCUT2D eigenvalue weighted by molar-refractivity contribution is 0.0686. The number of nitrogens with zero attached hydrogens (tertiary/aromatic N) is 3. The van der Waals surface area contributed by atoms with Crippen LogP contribution in [-0.4, -0.2) is 34.3 Å². The molecule has 0 spiro atoms. The van der Waals surface area contributed by atoms with Crippen molar-refractivity contribution in [3.63, 3.8) is 0 Å². The number of hydrogen-bond donors (Lipinski definition) is 2. The van der Waals surface area contributed by atoms with Gasteiger partial charge in [0.25, 0.3) is 0 Å². The fraction of sp³-hybridized carbons (Fsp3) is 0.100. The summed E-state index contributed by atoms with van der Waals surface area (Å²) in [6, 6.07) is 4.30. The molecule has 2 rings (SSSR count). The molecule has 100 valence electrons. The van der Waals surface area contributed by atoms with Crippen molar-refractivity contribution in [1.82, 2.24) is 14.8 Å². The third kappa shape index (κ3) is 2.91. The Bertz CT molecular complexity index is 703. The first kappa shape index (κ1) is 13.5. The highest BCUT2D eigenvalue weighted by Gasteiger charge is 2.18. The number of thiol groups is 1. The molecule has 0 unspecified atom stereocenters. The second kappa shape index (κ2) is 5.37. The van der Waals surface area contributed by atoms with Gasteiger partial charge in [0.05, 0.1) is 16.5 Å². The monoisotopic (exact) mass is 301 g/mol. The average molecular weight is 302 g/mol. The summed E-state index contributed by atoms with van der Waals surface area (Å²) in [7, 11) is -2.69. The molecule has 0 fully saturated rings. The Kier molecular flexibility index (Phi) is 3.82. The summed E-state index contributed by atoms with van der Waals surface area (Å²) in [5.41, 5.74) is -0.0809. The number of halogens is 1. The number of carbonyl (C=O) groups is 1. The highest BCUT2D eigenvalue weighted by molar-refractivity contribution is 7.71. The van der Waals surface area contributed by atoms with Gasteiger partial charge in [0.2, 0.25) is 0 Å². The topological polar surface area (TPSA) is 102 Å². The quantitative estimate of drug-likeness (QED) is 0.807. The van der Waals surface area contributed by atoms with E-state index in [1.807, 2.05) is 0 Å². The van der Waals surface area contributed by atoms with Gasteiger partial charge >= 0.3 is 5.97 Å². The molecule has 0 saturated heterocycles. The lowest BCUT2D eigenvalue weighted by Gasteiger charge is -2.04. The van der Waals surface area contributed by atoms with Gasteiger partial charge in [0.15, 0.2) is 11.5 Å². The van der Waals surface area contributed by atoms with Crippen molar-refractivity contribution in [1.29, 1.82) is 0 Å². The van der Waals surface area contributed by atoms with Crippen LogP contribution in [0.15, 0.2) is 24.4 Å². The smallest absolute Gasteiger partial charge is 0.354 e. The first-order valence-electron chi connectivity index (χ1n) is 5.04. The number of carboxylic acids is 1. The van der Waals surface area contributed by atoms with Crippen molar-refractivity contribution in [2.75, 3.05) is 0 Å². The Morgan fingerprint density at radius 2 is 2.21 bits per heavy atom. The summed E-state index contributed by atoms with van der Waals surface area (Å²) >= 11 is 5.91. The van der Waals surface area contributed by atoms with Gasteiger partial charge in [-0.05, 0) is 18.2 Å². The molecule has 0 aliphatic heterocycles. The second-order valence-electron chi connectivity index (χ2n) is 3.54. The minimum atomic E-state index is -2.69. The molecule has 9 heteroatoms. The maximum absolute atomic E-state index is 11.1. The Morgan fingerprint density at radius 3 is 2.79 bits per heavy atom. The normalized spacial score (nSPS) is 10.8. The minimum Gasteiger partial charge on any atom is -0.477 e. The van der Waals surface area contributed by atoms with E-state index in [1.54, 1.807) is 6.07 Å². The van der Waals surface area contributed by atoms with Crippen LogP contribution >= 0.6 is 11.6 Å². The van der Waals surface area contributed by atoms with Crippen molar-refractivity contribution in [2.24, 2.45) is 0 Å². The third-order valence-corrected chi connectivity index (χ3v) is 3.09. The zero-order valence-electron chi connectivity index (χ0n) is 9.36. The van der Waals surface area contributed by atoms with Gasteiger partial charge in [-0.15, -0.1) is 0 Å². The van der Waals surface area contributed by atoms with Crippen LogP contribution in [0.5, 0.6) is 0 Å². The molecule has 7 nitrogen and oxygen atoms in total. The van der Waals surface area contributed by atoms with Crippen molar-refractivity contribution in [3.8, 4) is 5.82 Å². The van der Waals surface area contributed by atoms with E-state index in [9.17, 15) is 13.2 Å². The van der Waals surface area contributed by atoms with Crippen molar-refractivity contribution in [3.05, 3.63) is 40.8 Å². The average Bonchev–Trinajstić information content (AvgIpc) is 2.72. The van der Waals surface area contributed by atoms with Gasteiger partial charge in [0.1, 0.15) is 10.7 Å². The van der Waals surface area contributed by atoms with Crippen LogP contribution in [-0.2, 0) is 16.5 Å². The molecule has 0 atom stereocenters. The van der Waals surface area contributed by atoms with E-state index in [4.69, 9.17) is 16.7 Å². The van der Waals surface area contributed by atoms with Gasteiger partial charge in [-0.1, -0.05) is 11.6 Å². The number of rotatable bonds is 4. The number of carboxylic acid groups (broad SMARTS) is 1. The summed E-state index contributed by atoms with van der Waals surface area (Å²) in [5, 5.41) is 13.2. The highest BCUT2D eigenvalue weighted by Crippen LogP contribution is 2.19. The molecule has 0 aliphatic carbocycles. The predicted molar refractivity (Wildman–Crippen MR) is 67.3 cm³/mol. The molecular weight excluding hydrogens is 294 g/mol. The van der Waals surface area contributed by atoms with Gasteiger partial charge in [-0.3, -0.25) is 0 Å². The molecule has 2 aromatic rings. The second-order valence-corrected chi connectivity index (χ2v) is 4.93. The van der Waals surface area contributed by atoms with Crippen molar-refractivity contribution < 1.29 is 18.3 Å². The summed E-state index contributed by atoms with van der Waals surface area (Å²) in [6.45, 7) is 0. The lowest BCUT2D eigenvalue weighted by atomic mass is 10.3. The number of aromatic nitrogens is 3. The molecule has 0 radical (unpaired) electrons. The molecule has 0 bridgehead atoms. The van der Waals surface area contributed by atoms with Crippen molar-refractivity contribution in [2.45, 2.75) is 5.75 Å². The molecule has 0 aliphatic rings. The summed E-state index contributed by atoms with van der Waals surface area (Å²) in [6.07, 6.45) is 1.43. The van der Waals surface area contributed by atoms with Crippen LogP contribution < -0.4 is 0 Å². The Labute approximate surface area is 114 Å². The van der Waals surface area contributed by atoms with Crippen molar-refractivity contribution >= 4 is 28.3 Å². The minimum absolute atomic E-state index is 0.121. The Balaban J connectivity index is 2.58. The van der Waals surface area contributed by atoms with Gasteiger partial charge < -0.3 is 5.11 Å². The highest BCUT2D eigenvalue weighted by atomic mass is 35.5. The zero-order chi connectivity index (χ0) is 14.0. The molecule has 19 heavy (non-hydrogen) atoms. The predicted octanol–water partition coefficient (Wildman–Crippen LogP) is 0.730. The van der Waals surface area contributed by atoms with Crippen LogP contribution in [0.1, 0.15) is 16.2 Å². The van der Waals surface area contributed by atoms with Crippen LogP contribution in [0.3, 0.4) is 0 Å². The fourth-order valence-electron chi connectivity index (χ4n) is 1.49. The SMILES string of the molecule is O=C(O)c1cc(C[SH](=O)=O)nn1-c1ncccc1Cl. The molecule has 1 N–H and O–H groups in total. The maximum Gasteiger partial charge on any atom is 0.354 e. The van der Waals surface area contributed by atoms with E-state index in [0.717, 1.165) is 4.68 Å². The summed E-state index contributed by atoms with van der Waals surface area (Å²) < 4.78 is 22.3. The van der Waals surface area contributed by atoms with E-state index < -0.39 is 16.7 Å². The first-order valence-corrected chi connectivity index (χ1v) is 6.78. The number of pyridine rings is 1. The largest absolute Gasteiger partial charge is 0.477 e. The van der Waals surface area contributed by atoms with E-state index in [1.165, 1.54) is 18.3 Å². The van der Waals surface area contributed by atoms with E-state index in [2.05, 4.69) is 10.1 Å². The number of hydrogen-bond acceptors (Lipinski definition) is 5. The molecule has 0 saturated carbocycles. The van der Waals surface area contributed by atoms with E-state index >= 15 is 0 Å². The van der Waals surface area contributed by atoms with Crippen LogP contribution in [0.4, 0.5) is 0 Å². The number of aromatic carboxylic acids is 1. The van der Waals surface area contributed by atoms with Crippen LogP contribution in [0.25, 0.3) is 5.82 Å². The van der Waals surface area contributed by atoms with E-state index in [-0.39, 0.29) is 28.0 Å². The summed E-state index contributed by atoms with van der Waals surface area (Å²) in [5.74, 6) is -1.46. The van der Waals surface area contributed by atoms with E-state index in [0.29, 0.717) is 0 Å². The Hall–Kier alpha value is -1.93. The fourth-order valence-corrected chi connectivity index (χ4v) is 2.11. The zero-order valence-corrected chi connectivity index (χ0v) is 11.0. The molecule has 2 aromatic heterocycles. The molecule has 0 aromatic carbocycles. The Morgan fingerprint density at radius 1 is 1.47 bits per heavy atom. The lowest BCUT2D eigenvalue weighted by Crippen LogP contribution is -2.09. The molecule has 2 heterocycles. The van der Waals surface area contributed by atoms with Crippen LogP contribution in [0, 0.1) is 0 Å². The maximum atomic E-state index is 11.1. The molecule has 0 amide bonds. The van der Waals surface area contributed by atoms with Gasteiger partial charge in [-0.25, -0.2) is 22.9 Å². The third-order valence-electron chi connectivity index (χ3n) is 2.21. The summed E-state index contributed by atoms with van der Waals surface area (Å²) in [4.78, 5) is 15.1.